The molecule has 94 valence electrons. The summed E-state index contributed by atoms with van der Waals surface area (Å²) in [5.41, 5.74) is 1.82. The van der Waals surface area contributed by atoms with E-state index in [0.717, 1.165) is 10.8 Å². The van der Waals surface area contributed by atoms with Gasteiger partial charge in [-0.2, -0.15) is 0 Å². The van der Waals surface area contributed by atoms with Crippen molar-refractivity contribution >= 4 is 22.2 Å². The molecule has 0 radical (unpaired) electrons. The molecule has 2 aromatic rings. The number of methoxy groups -OCH3 is 1. The summed E-state index contributed by atoms with van der Waals surface area (Å²) in [6.45, 7) is 4.08. The third-order valence-corrected chi connectivity index (χ3v) is 3.82. The van der Waals surface area contributed by atoms with E-state index in [1.54, 1.807) is 42.7 Å². The van der Waals surface area contributed by atoms with Crippen molar-refractivity contribution in [1.29, 1.82) is 0 Å². The van der Waals surface area contributed by atoms with Crippen LogP contribution < -0.4 is 10.1 Å². The highest BCUT2D eigenvalue weighted by molar-refractivity contribution is 7.16. The van der Waals surface area contributed by atoms with Gasteiger partial charge in [0.2, 0.25) is 0 Å². The summed E-state index contributed by atoms with van der Waals surface area (Å²) in [6, 6.07) is 9.05. The zero-order valence-corrected chi connectivity index (χ0v) is 11.4. The minimum Gasteiger partial charge on any atom is -0.497 e. The van der Waals surface area contributed by atoms with E-state index in [1.807, 2.05) is 19.9 Å². The predicted molar refractivity (Wildman–Crippen MR) is 74.7 cm³/mol. The molecule has 1 aromatic carbocycles. The summed E-state index contributed by atoms with van der Waals surface area (Å²) in [7, 11) is 1.60. The summed E-state index contributed by atoms with van der Waals surface area (Å²) in [4.78, 5) is 13.2. The van der Waals surface area contributed by atoms with Crippen molar-refractivity contribution in [3.8, 4) is 5.75 Å². The van der Waals surface area contributed by atoms with Crippen LogP contribution in [-0.4, -0.2) is 13.0 Å². The van der Waals surface area contributed by atoms with E-state index < -0.39 is 0 Å². The average Bonchev–Trinajstić information content (AvgIpc) is 2.68. The number of rotatable bonds is 3. The summed E-state index contributed by atoms with van der Waals surface area (Å²) in [5, 5.41) is 3.78. The number of thiophene rings is 1. The number of hydrogen-bond acceptors (Lipinski definition) is 3. The quantitative estimate of drug-likeness (QED) is 0.916. The van der Waals surface area contributed by atoms with Crippen LogP contribution in [-0.2, 0) is 0 Å². The molecule has 0 saturated carbocycles. The molecule has 0 aliphatic carbocycles. The molecule has 0 fully saturated rings. The molecule has 2 rings (SSSR count). The molecule has 3 nitrogen and oxygen atoms in total. The largest absolute Gasteiger partial charge is 0.497 e. The molecule has 0 aliphatic rings. The van der Waals surface area contributed by atoms with Crippen molar-refractivity contribution < 1.29 is 9.53 Å². The molecule has 18 heavy (non-hydrogen) atoms. The predicted octanol–water partition coefficient (Wildman–Crippen LogP) is 3.63. The van der Waals surface area contributed by atoms with Gasteiger partial charge in [0.1, 0.15) is 5.75 Å². The van der Waals surface area contributed by atoms with E-state index in [2.05, 4.69) is 5.32 Å². The average molecular weight is 261 g/mol. The van der Waals surface area contributed by atoms with Crippen molar-refractivity contribution in [3.63, 3.8) is 0 Å². The first-order valence-electron chi connectivity index (χ1n) is 5.62. The molecule has 1 aromatic heterocycles. The van der Waals surface area contributed by atoms with Crippen LogP contribution in [0.15, 0.2) is 30.3 Å². The highest BCUT2D eigenvalue weighted by atomic mass is 32.1. The minimum absolute atomic E-state index is 0.0982. The molecule has 1 heterocycles. The molecule has 1 amide bonds. The summed E-state index contributed by atoms with van der Waals surface area (Å²) in [5.74, 6) is 0.647. The number of aryl methyl sites for hydroxylation is 2. The van der Waals surface area contributed by atoms with Gasteiger partial charge in [0.15, 0.2) is 0 Å². The van der Waals surface area contributed by atoms with Crippen LogP contribution in [0.3, 0.4) is 0 Å². The van der Waals surface area contributed by atoms with Crippen LogP contribution >= 0.6 is 11.3 Å². The molecule has 0 unspecified atom stereocenters. The van der Waals surface area contributed by atoms with Crippen molar-refractivity contribution in [2.75, 3.05) is 12.4 Å². The van der Waals surface area contributed by atoms with Crippen molar-refractivity contribution in [1.82, 2.24) is 0 Å². The molecular weight excluding hydrogens is 246 g/mol. The lowest BCUT2D eigenvalue weighted by Gasteiger charge is -2.03. The first-order chi connectivity index (χ1) is 8.60. The first kappa shape index (κ1) is 12.6. The van der Waals surface area contributed by atoms with Gasteiger partial charge < -0.3 is 10.1 Å². The Kier molecular flexibility index (Phi) is 3.67. The number of nitrogens with one attached hydrogen (secondary N) is 1. The van der Waals surface area contributed by atoms with Crippen LogP contribution in [0.5, 0.6) is 5.75 Å². The number of ether oxygens (including phenoxy) is 1. The SMILES string of the molecule is COc1ccc(C(=O)Nc2cc(C)c(C)s2)cc1. The topological polar surface area (TPSA) is 38.3 Å². The van der Waals surface area contributed by atoms with Gasteiger partial charge in [-0.15, -0.1) is 11.3 Å². The van der Waals surface area contributed by atoms with Gasteiger partial charge in [-0.1, -0.05) is 0 Å². The summed E-state index contributed by atoms with van der Waals surface area (Å²) >= 11 is 1.59. The van der Waals surface area contributed by atoms with Crippen LogP contribution in [0, 0.1) is 13.8 Å². The Bertz CT molecular complexity index is 538. The van der Waals surface area contributed by atoms with Crippen molar-refractivity contribution in [2.24, 2.45) is 0 Å². The molecule has 0 bridgehead atoms. The van der Waals surface area contributed by atoms with Crippen molar-refractivity contribution in [2.45, 2.75) is 13.8 Å². The fourth-order valence-electron chi connectivity index (χ4n) is 1.56. The fraction of sp³-hybridized carbons (Fsp3) is 0.214. The van der Waals surface area contributed by atoms with Gasteiger partial charge in [0.25, 0.3) is 5.91 Å². The van der Waals surface area contributed by atoms with E-state index >= 15 is 0 Å². The van der Waals surface area contributed by atoms with Gasteiger partial charge in [-0.05, 0) is 49.7 Å². The second kappa shape index (κ2) is 5.23. The Morgan fingerprint density at radius 3 is 2.39 bits per heavy atom. The Morgan fingerprint density at radius 1 is 1.22 bits per heavy atom. The Hall–Kier alpha value is -1.81. The van der Waals surface area contributed by atoms with Gasteiger partial charge in [0.05, 0.1) is 12.1 Å². The van der Waals surface area contributed by atoms with E-state index in [0.29, 0.717) is 5.56 Å². The summed E-state index contributed by atoms with van der Waals surface area (Å²) in [6.07, 6.45) is 0. The van der Waals surface area contributed by atoms with E-state index in [9.17, 15) is 4.79 Å². The van der Waals surface area contributed by atoms with Gasteiger partial charge in [-0.25, -0.2) is 0 Å². The minimum atomic E-state index is -0.0982. The maximum Gasteiger partial charge on any atom is 0.256 e. The number of amides is 1. The number of carbonyl (C=O) groups excluding carboxylic acids is 1. The van der Waals surface area contributed by atoms with Crippen molar-refractivity contribution in [3.05, 3.63) is 46.3 Å². The van der Waals surface area contributed by atoms with Crippen LogP contribution in [0.2, 0.25) is 0 Å². The zero-order chi connectivity index (χ0) is 13.1. The van der Waals surface area contributed by atoms with E-state index in [1.165, 1.54) is 10.4 Å². The molecule has 0 atom stereocenters. The number of hydrogen-bond donors (Lipinski definition) is 1. The lowest BCUT2D eigenvalue weighted by Crippen LogP contribution is -2.10. The van der Waals surface area contributed by atoms with Crippen LogP contribution in [0.25, 0.3) is 0 Å². The number of anilines is 1. The van der Waals surface area contributed by atoms with Gasteiger partial charge in [-0.3, -0.25) is 4.79 Å². The molecule has 0 aliphatic heterocycles. The molecule has 0 spiro atoms. The standard InChI is InChI=1S/C14H15NO2S/c1-9-8-13(18-10(9)2)15-14(16)11-4-6-12(17-3)7-5-11/h4-8H,1-3H3,(H,15,16). The van der Waals surface area contributed by atoms with Gasteiger partial charge >= 0.3 is 0 Å². The first-order valence-corrected chi connectivity index (χ1v) is 6.44. The highest BCUT2D eigenvalue weighted by Crippen LogP contribution is 2.26. The van der Waals surface area contributed by atoms with Crippen LogP contribution in [0.4, 0.5) is 5.00 Å². The number of benzene rings is 1. The molecule has 1 N–H and O–H groups in total. The normalized spacial score (nSPS) is 10.2. The smallest absolute Gasteiger partial charge is 0.256 e. The fourth-order valence-corrected chi connectivity index (χ4v) is 2.49. The lowest BCUT2D eigenvalue weighted by molar-refractivity contribution is 0.102. The molecule has 0 saturated heterocycles. The zero-order valence-electron chi connectivity index (χ0n) is 10.6. The Labute approximate surface area is 110 Å². The maximum atomic E-state index is 12.0. The Balaban J connectivity index is 2.11. The highest BCUT2D eigenvalue weighted by Gasteiger charge is 2.08. The third kappa shape index (κ3) is 2.71. The number of carbonyl (C=O) groups is 1. The maximum absolute atomic E-state index is 12.0. The van der Waals surface area contributed by atoms with E-state index in [-0.39, 0.29) is 5.91 Å². The second-order valence-corrected chi connectivity index (χ2v) is 5.29. The third-order valence-electron chi connectivity index (χ3n) is 2.75. The second-order valence-electron chi connectivity index (χ2n) is 4.03. The van der Waals surface area contributed by atoms with Crippen LogP contribution in [0.1, 0.15) is 20.8 Å². The monoisotopic (exact) mass is 261 g/mol. The Morgan fingerprint density at radius 2 is 1.89 bits per heavy atom. The van der Waals surface area contributed by atoms with Gasteiger partial charge in [0, 0.05) is 10.4 Å². The molecule has 4 heteroatoms. The summed E-state index contributed by atoms with van der Waals surface area (Å²) < 4.78 is 5.06. The molecular formula is C14H15NO2S. The van der Waals surface area contributed by atoms with E-state index in [4.69, 9.17) is 4.74 Å². The lowest BCUT2D eigenvalue weighted by atomic mass is 10.2.